The van der Waals surface area contributed by atoms with Crippen LogP contribution in [0.15, 0.2) is 12.2 Å². The van der Waals surface area contributed by atoms with Gasteiger partial charge in [-0.1, -0.05) is 12.2 Å². The second kappa shape index (κ2) is 7.92. The molecule has 2 saturated heterocycles. The Hall–Kier alpha value is -0.910. The van der Waals surface area contributed by atoms with Crippen molar-refractivity contribution in [3.05, 3.63) is 12.2 Å². The van der Waals surface area contributed by atoms with Gasteiger partial charge in [-0.15, -0.1) is 0 Å². The Morgan fingerprint density at radius 1 is 1.38 bits per heavy atom. The van der Waals surface area contributed by atoms with E-state index in [0.717, 1.165) is 38.0 Å². The maximum atomic E-state index is 12.4. The van der Waals surface area contributed by atoms with E-state index < -0.39 is 0 Å². The summed E-state index contributed by atoms with van der Waals surface area (Å²) in [6, 6.07) is 0. The number of likely N-dealkylation sites (tertiary alicyclic amines) is 1. The first kappa shape index (κ1) is 16.5. The van der Waals surface area contributed by atoms with Crippen LogP contribution in [0.4, 0.5) is 0 Å². The quantitative estimate of drug-likeness (QED) is 0.697. The maximum Gasteiger partial charge on any atom is 0.237 e. The summed E-state index contributed by atoms with van der Waals surface area (Å²) in [7, 11) is 0. The highest BCUT2D eigenvalue weighted by molar-refractivity contribution is 5.78. The minimum Gasteiger partial charge on any atom is -0.350 e. The molecule has 0 bridgehead atoms. The minimum atomic E-state index is -0.0689. The Bertz CT molecular complexity index is 367. The summed E-state index contributed by atoms with van der Waals surface area (Å²) < 4.78 is 11.2. The lowest BCUT2D eigenvalue weighted by Crippen LogP contribution is -2.46. The summed E-state index contributed by atoms with van der Waals surface area (Å²) >= 11 is 0. The van der Waals surface area contributed by atoms with Crippen LogP contribution in [-0.4, -0.2) is 67.9 Å². The van der Waals surface area contributed by atoms with Gasteiger partial charge in [-0.05, 0) is 33.2 Å². The summed E-state index contributed by atoms with van der Waals surface area (Å²) in [5.41, 5.74) is 1.02. The van der Waals surface area contributed by atoms with E-state index in [0.29, 0.717) is 32.2 Å². The van der Waals surface area contributed by atoms with Crippen molar-refractivity contribution in [3.8, 4) is 0 Å². The Labute approximate surface area is 127 Å². The standard InChI is InChI=1S/C16H28N2O3/c1-4-18(10-13(2)3)15(19)12-17-7-5-6-14(11-17)16-20-8-9-21-16/h14,16H,2,4-12H2,1,3H3. The number of carbonyl (C=O) groups is 1. The van der Waals surface area contributed by atoms with Gasteiger partial charge in [-0.3, -0.25) is 9.69 Å². The highest BCUT2D eigenvalue weighted by atomic mass is 16.7. The van der Waals surface area contributed by atoms with Crippen LogP contribution in [0.5, 0.6) is 0 Å². The average molecular weight is 296 g/mol. The second-order valence-electron chi connectivity index (χ2n) is 6.11. The van der Waals surface area contributed by atoms with Crippen molar-refractivity contribution in [1.29, 1.82) is 0 Å². The van der Waals surface area contributed by atoms with Crippen molar-refractivity contribution < 1.29 is 14.3 Å². The fourth-order valence-electron chi connectivity index (χ4n) is 3.10. The Morgan fingerprint density at radius 3 is 2.71 bits per heavy atom. The molecule has 0 aromatic rings. The highest BCUT2D eigenvalue weighted by Gasteiger charge is 2.32. The molecular formula is C16H28N2O3. The van der Waals surface area contributed by atoms with Crippen LogP contribution in [0.1, 0.15) is 26.7 Å². The van der Waals surface area contributed by atoms with Crippen LogP contribution in [-0.2, 0) is 14.3 Å². The van der Waals surface area contributed by atoms with E-state index in [9.17, 15) is 4.79 Å². The van der Waals surface area contributed by atoms with Gasteiger partial charge in [0, 0.05) is 25.6 Å². The van der Waals surface area contributed by atoms with Gasteiger partial charge in [0.25, 0.3) is 0 Å². The molecule has 2 rings (SSSR count). The summed E-state index contributed by atoms with van der Waals surface area (Å²) in [5.74, 6) is 0.583. The van der Waals surface area contributed by atoms with Crippen molar-refractivity contribution in [2.24, 2.45) is 5.92 Å². The first-order valence-electron chi connectivity index (χ1n) is 7.98. The number of piperidine rings is 1. The molecular weight excluding hydrogens is 268 g/mol. The molecule has 2 aliphatic rings. The third kappa shape index (κ3) is 4.80. The number of likely N-dealkylation sites (N-methyl/N-ethyl adjacent to an activating group) is 1. The Balaban J connectivity index is 1.83. The molecule has 21 heavy (non-hydrogen) atoms. The molecule has 0 aromatic heterocycles. The SMILES string of the molecule is C=C(C)CN(CC)C(=O)CN1CCCC(C2OCCO2)C1. The van der Waals surface area contributed by atoms with Crippen molar-refractivity contribution in [2.45, 2.75) is 33.0 Å². The van der Waals surface area contributed by atoms with Crippen LogP contribution >= 0.6 is 0 Å². The number of carbonyl (C=O) groups excluding carboxylic acids is 1. The number of ether oxygens (including phenoxy) is 2. The van der Waals surface area contributed by atoms with Gasteiger partial charge in [0.05, 0.1) is 19.8 Å². The first-order valence-corrected chi connectivity index (χ1v) is 7.98. The highest BCUT2D eigenvalue weighted by Crippen LogP contribution is 2.24. The van der Waals surface area contributed by atoms with Crippen molar-refractivity contribution in [3.63, 3.8) is 0 Å². The van der Waals surface area contributed by atoms with E-state index in [-0.39, 0.29) is 12.2 Å². The molecule has 2 heterocycles. The number of hydrogen-bond acceptors (Lipinski definition) is 4. The molecule has 5 nitrogen and oxygen atoms in total. The monoisotopic (exact) mass is 296 g/mol. The summed E-state index contributed by atoms with van der Waals surface area (Å²) in [4.78, 5) is 16.5. The molecule has 1 unspecified atom stereocenters. The zero-order valence-corrected chi connectivity index (χ0v) is 13.3. The van der Waals surface area contributed by atoms with E-state index in [2.05, 4.69) is 11.5 Å². The topological polar surface area (TPSA) is 42.0 Å². The summed E-state index contributed by atoms with van der Waals surface area (Å²) in [6.07, 6.45) is 2.16. The van der Waals surface area contributed by atoms with Crippen molar-refractivity contribution >= 4 is 5.91 Å². The second-order valence-corrected chi connectivity index (χ2v) is 6.11. The van der Waals surface area contributed by atoms with Crippen LogP contribution in [0.2, 0.25) is 0 Å². The largest absolute Gasteiger partial charge is 0.350 e. The van der Waals surface area contributed by atoms with Gasteiger partial charge in [0.1, 0.15) is 0 Å². The summed E-state index contributed by atoms with van der Waals surface area (Å²) in [5, 5.41) is 0. The Morgan fingerprint density at radius 2 is 2.10 bits per heavy atom. The fourth-order valence-corrected chi connectivity index (χ4v) is 3.10. The van der Waals surface area contributed by atoms with Crippen LogP contribution in [0.25, 0.3) is 0 Å². The zero-order chi connectivity index (χ0) is 15.2. The van der Waals surface area contributed by atoms with Crippen LogP contribution in [0.3, 0.4) is 0 Å². The van der Waals surface area contributed by atoms with Crippen molar-refractivity contribution in [1.82, 2.24) is 9.80 Å². The predicted molar refractivity (Wildman–Crippen MR) is 81.9 cm³/mol. The number of hydrogen-bond donors (Lipinski definition) is 0. The van der Waals surface area contributed by atoms with Crippen LogP contribution in [0, 0.1) is 5.92 Å². The number of amides is 1. The van der Waals surface area contributed by atoms with Gasteiger partial charge >= 0.3 is 0 Å². The molecule has 0 aromatic carbocycles. The molecule has 0 radical (unpaired) electrons. The van der Waals surface area contributed by atoms with Gasteiger partial charge in [-0.2, -0.15) is 0 Å². The van der Waals surface area contributed by atoms with Gasteiger partial charge in [0.2, 0.25) is 5.91 Å². The van der Waals surface area contributed by atoms with E-state index in [1.54, 1.807) is 0 Å². The van der Waals surface area contributed by atoms with Gasteiger partial charge in [-0.25, -0.2) is 0 Å². The smallest absolute Gasteiger partial charge is 0.237 e. The normalized spacial score (nSPS) is 24.2. The molecule has 2 aliphatic heterocycles. The van der Waals surface area contributed by atoms with Crippen LogP contribution < -0.4 is 0 Å². The van der Waals surface area contributed by atoms with Crippen molar-refractivity contribution in [2.75, 3.05) is 45.9 Å². The molecule has 0 N–H and O–H groups in total. The molecule has 0 aliphatic carbocycles. The predicted octanol–water partition coefficient (Wildman–Crippen LogP) is 1.50. The molecule has 5 heteroatoms. The van der Waals surface area contributed by atoms with E-state index in [4.69, 9.17) is 9.47 Å². The fraction of sp³-hybridized carbons (Fsp3) is 0.812. The first-order chi connectivity index (χ1) is 10.1. The molecule has 0 spiro atoms. The van der Waals surface area contributed by atoms with E-state index in [1.807, 2.05) is 18.7 Å². The molecule has 1 amide bonds. The van der Waals surface area contributed by atoms with Gasteiger partial charge in [0.15, 0.2) is 6.29 Å². The number of rotatable bonds is 6. The molecule has 0 saturated carbocycles. The lowest BCUT2D eigenvalue weighted by molar-refractivity contribution is -0.134. The third-order valence-corrected chi connectivity index (χ3v) is 4.13. The van der Waals surface area contributed by atoms with E-state index in [1.165, 1.54) is 0 Å². The minimum absolute atomic E-state index is 0.0689. The lowest BCUT2D eigenvalue weighted by Gasteiger charge is -2.35. The molecule has 1 atom stereocenters. The lowest BCUT2D eigenvalue weighted by atomic mass is 9.97. The average Bonchev–Trinajstić information content (AvgIpc) is 2.99. The molecule has 120 valence electrons. The number of nitrogens with zero attached hydrogens (tertiary/aromatic N) is 2. The Kier molecular flexibility index (Phi) is 6.21. The van der Waals surface area contributed by atoms with E-state index >= 15 is 0 Å². The third-order valence-electron chi connectivity index (χ3n) is 4.13. The summed E-state index contributed by atoms with van der Waals surface area (Å²) in [6.45, 7) is 13.0. The molecule has 2 fully saturated rings. The zero-order valence-electron chi connectivity index (χ0n) is 13.3. The maximum absolute atomic E-state index is 12.4. The van der Waals surface area contributed by atoms with Gasteiger partial charge < -0.3 is 14.4 Å².